The van der Waals surface area contributed by atoms with E-state index >= 15 is 0 Å². The number of benzene rings is 1. The van der Waals surface area contributed by atoms with Crippen LogP contribution in [0.25, 0.3) is 0 Å². The van der Waals surface area contributed by atoms with E-state index in [1.165, 1.54) is 6.42 Å². The number of nitrogens with zero attached hydrogens (tertiary/aromatic N) is 1. The van der Waals surface area contributed by atoms with Gasteiger partial charge in [-0.15, -0.1) is 0 Å². The van der Waals surface area contributed by atoms with Crippen LogP contribution in [0.15, 0.2) is 18.2 Å². The van der Waals surface area contributed by atoms with Crippen molar-refractivity contribution in [1.29, 1.82) is 0 Å². The molecule has 2 rings (SSSR count). The maximum atomic E-state index is 12.3. The lowest BCUT2D eigenvalue weighted by atomic mass is 10.0. The van der Waals surface area contributed by atoms with Crippen molar-refractivity contribution in [2.45, 2.75) is 32.2 Å². The van der Waals surface area contributed by atoms with Crippen LogP contribution in [-0.2, 0) is 0 Å². The zero-order chi connectivity index (χ0) is 15.2. The monoisotopic (exact) mass is 291 g/mol. The highest BCUT2D eigenvalue weighted by atomic mass is 16.5. The van der Waals surface area contributed by atoms with Crippen molar-refractivity contribution >= 4 is 11.6 Å². The number of likely N-dealkylation sites (tertiary alicyclic amines) is 1. The Morgan fingerprint density at radius 1 is 1.43 bits per heavy atom. The molecule has 3 N–H and O–H groups in total. The third kappa shape index (κ3) is 4.11. The van der Waals surface area contributed by atoms with Gasteiger partial charge in [0.25, 0.3) is 5.91 Å². The van der Waals surface area contributed by atoms with Gasteiger partial charge in [-0.2, -0.15) is 0 Å². The van der Waals surface area contributed by atoms with Crippen LogP contribution in [0.2, 0.25) is 0 Å². The van der Waals surface area contributed by atoms with Crippen molar-refractivity contribution < 1.29 is 9.53 Å². The molecule has 0 aromatic heterocycles. The SMILES string of the molecule is CCCN1CCC(NC(=O)c2ccc(N)c(OC)c2)CC1. The molecular weight excluding hydrogens is 266 g/mol. The molecule has 21 heavy (non-hydrogen) atoms. The van der Waals surface area contributed by atoms with E-state index in [4.69, 9.17) is 10.5 Å². The molecule has 0 atom stereocenters. The summed E-state index contributed by atoms with van der Waals surface area (Å²) in [6.45, 7) is 5.46. The van der Waals surface area contributed by atoms with E-state index in [9.17, 15) is 4.79 Å². The molecule has 1 amide bonds. The van der Waals surface area contributed by atoms with Gasteiger partial charge in [0.2, 0.25) is 0 Å². The van der Waals surface area contributed by atoms with Gasteiger partial charge in [-0.3, -0.25) is 4.79 Å². The van der Waals surface area contributed by atoms with Crippen LogP contribution >= 0.6 is 0 Å². The van der Waals surface area contributed by atoms with Crippen molar-refractivity contribution in [3.63, 3.8) is 0 Å². The molecule has 1 aromatic rings. The van der Waals surface area contributed by atoms with Crippen LogP contribution in [0.3, 0.4) is 0 Å². The second-order valence-corrected chi connectivity index (χ2v) is 5.55. The van der Waals surface area contributed by atoms with Crippen LogP contribution < -0.4 is 15.8 Å². The first-order valence-electron chi connectivity index (χ1n) is 7.60. The van der Waals surface area contributed by atoms with Gasteiger partial charge in [0.1, 0.15) is 5.75 Å². The van der Waals surface area contributed by atoms with E-state index in [0.717, 1.165) is 32.5 Å². The van der Waals surface area contributed by atoms with Gasteiger partial charge in [-0.05, 0) is 44.0 Å². The number of nitrogen functional groups attached to an aromatic ring is 1. The molecule has 1 aliphatic heterocycles. The smallest absolute Gasteiger partial charge is 0.251 e. The van der Waals surface area contributed by atoms with E-state index in [-0.39, 0.29) is 11.9 Å². The molecule has 0 spiro atoms. The van der Waals surface area contributed by atoms with Gasteiger partial charge in [0.05, 0.1) is 12.8 Å². The number of ether oxygens (including phenoxy) is 1. The average molecular weight is 291 g/mol. The van der Waals surface area contributed by atoms with Crippen molar-refractivity contribution in [3.8, 4) is 5.75 Å². The highest BCUT2D eigenvalue weighted by Gasteiger charge is 2.20. The van der Waals surface area contributed by atoms with E-state index in [2.05, 4.69) is 17.1 Å². The summed E-state index contributed by atoms with van der Waals surface area (Å²) in [5, 5.41) is 3.11. The number of piperidine rings is 1. The first-order valence-corrected chi connectivity index (χ1v) is 7.60. The van der Waals surface area contributed by atoms with E-state index in [1.54, 1.807) is 25.3 Å². The summed E-state index contributed by atoms with van der Waals surface area (Å²) in [5.41, 5.74) is 6.90. The van der Waals surface area contributed by atoms with Gasteiger partial charge < -0.3 is 20.7 Å². The standard InChI is InChI=1S/C16H25N3O2/c1-3-8-19-9-6-13(7-10-19)18-16(20)12-4-5-14(17)15(11-12)21-2/h4-5,11,13H,3,6-10,17H2,1-2H3,(H,18,20). The molecule has 5 nitrogen and oxygen atoms in total. The van der Waals surface area contributed by atoms with Crippen LogP contribution in [0.4, 0.5) is 5.69 Å². The van der Waals surface area contributed by atoms with Crippen LogP contribution in [0.1, 0.15) is 36.5 Å². The molecule has 0 saturated carbocycles. The fourth-order valence-electron chi connectivity index (χ4n) is 2.74. The Hall–Kier alpha value is -1.75. The largest absolute Gasteiger partial charge is 0.495 e. The number of hydrogen-bond donors (Lipinski definition) is 2. The van der Waals surface area contributed by atoms with Gasteiger partial charge in [-0.1, -0.05) is 6.92 Å². The number of anilines is 1. The number of rotatable bonds is 5. The first-order chi connectivity index (χ1) is 10.1. The fraction of sp³-hybridized carbons (Fsp3) is 0.562. The van der Waals surface area contributed by atoms with E-state index < -0.39 is 0 Å². The summed E-state index contributed by atoms with van der Waals surface area (Å²) in [6.07, 6.45) is 3.21. The molecule has 0 unspecified atom stereocenters. The number of amides is 1. The molecule has 1 aliphatic rings. The first kappa shape index (κ1) is 15.6. The fourth-order valence-corrected chi connectivity index (χ4v) is 2.74. The normalized spacial score (nSPS) is 16.7. The number of nitrogens with one attached hydrogen (secondary N) is 1. The van der Waals surface area contributed by atoms with Gasteiger partial charge >= 0.3 is 0 Å². The topological polar surface area (TPSA) is 67.6 Å². The quantitative estimate of drug-likeness (QED) is 0.813. The Balaban J connectivity index is 1.90. The highest BCUT2D eigenvalue weighted by Crippen LogP contribution is 2.22. The molecule has 116 valence electrons. The maximum Gasteiger partial charge on any atom is 0.251 e. The molecule has 1 aromatic carbocycles. The molecule has 0 bridgehead atoms. The van der Waals surface area contributed by atoms with Crippen LogP contribution in [-0.4, -0.2) is 43.6 Å². The van der Waals surface area contributed by atoms with E-state index in [1.807, 2.05) is 0 Å². The highest BCUT2D eigenvalue weighted by molar-refractivity contribution is 5.95. The zero-order valence-electron chi connectivity index (χ0n) is 12.9. The van der Waals surface area contributed by atoms with Crippen molar-refractivity contribution in [1.82, 2.24) is 10.2 Å². The van der Waals surface area contributed by atoms with Gasteiger partial charge in [0, 0.05) is 24.7 Å². The summed E-state index contributed by atoms with van der Waals surface area (Å²) in [5.74, 6) is 0.489. The third-order valence-corrected chi connectivity index (χ3v) is 3.96. The molecule has 5 heteroatoms. The summed E-state index contributed by atoms with van der Waals surface area (Å²) >= 11 is 0. The number of nitrogens with two attached hydrogens (primary N) is 1. The lowest BCUT2D eigenvalue weighted by Crippen LogP contribution is -2.44. The summed E-state index contributed by atoms with van der Waals surface area (Å²) in [4.78, 5) is 14.7. The lowest BCUT2D eigenvalue weighted by molar-refractivity contribution is 0.0911. The molecule has 1 saturated heterocycles. The third-order valence-electron chi connectivity index (χ3n) is 3.96. The lowest BCUT2D eigenvalue weighted by Gasteiger charge is -2.32. The molecule has 0 radical (unpaired) electrons. The Bertz CT molecular complexity index is 482. The average Bonchev–Trinajstić information content (AvgIpc) is 2.50. The van der Waals surface area contributed by atoms with Crippen molar-refractivity contribution in [3.05, 3.63) is 23.8 Å². The number of methoxy groups -OCH3 is 1. The zero-order valence-corrected chi connectivity index (χ0v) is 12.9. The Labute approximate surface area is 126 Å². The Kier molecular flexibility index (Phi) is 5.44. The number of carbonyl (C=O) groups excluding carboxylic acids is 1. The van der Waals surface area contributed by atoms with Crippen molar-refractivity contribution in [2.24, 2.45) is 0 Å². The molecule has 1 fully saturated rings. The predicted molar refractivity (Wildman–Crippen MR) is 84.6 cm³/mol. The second kappa shape index (κ2) is 7.31. The summed E-state index contributed by atoms with van der Waals surface area (Å²) in [6, 6.07) is 5.39. The maximum absolute atomic E-state index is 12.3. The van der Waals surface area contributed by atoms with Crippen LogP contribution in [0.5, 0.6) is 5.75 Å². The summed E-state index contributed by atoms with van der Waals surface area (Å²) in [7, 11) is 1.55. The molecule has 1 heterocycles. The van der Waals surface area contributed by atoms with E-state index in [0.29, 0.717) is 17.0 Å². The minimum Gasteiger partial charge on any atom is -0.495 e. The second-order valence-electron chi connectivity index (χ2n) is 5.55. The summed E-state index contributed by atoms with van der Waals surface area (Å²) < 4.78 is 5.16. The Morgan fingerprint density at radius 2 is 2.14 bits per heavy atom. The molecule has 0 aliphatic carbocycles. The van der Waals surface area contributed by atoms with Crippen molar-refractivity contribution in [2.75, 3.05) is 32.5 Å². The molecular formula is C16H25N3O2. The van der Waals surface area contributed by atoms with Crippen LogP contribution in [0, 0.1) is 0 Å². The minimum atomic E-state index is -0.0535. The minimum absolute atomic E-state index is 0.0535. The number of carbonyl (C=O) groups is 1. The number of hydrogen-bond acceptors (Lipinski definition) is 4. The Morgan fingerprint density at radius 3 is 2.76 bits per heavy atom. The predicted octanol–water partition coefficient (Wildman–Crippen LogP) is 1.88. The van der Waals surface area contributed by atoms with Gasteiger partial charge in [-0.25, -0.2) is 0 Å². The van der Waals surface area contributed by atoms with Gasteiger partial charge in [0.15, 0.2) is 0 Å².